The molecule has 1 aromatic heterocycles. The summed E-state index contributed by atoms with van der Waals surface area (Å²) in [5.74, 6) is 0.612. The average Bonchev–Trinajstić information content (AvgIpc) is 2.47. The van der Waals surface area contributed by atoms with E-state index in [1.165, 1.54) is 19.4 Å². The van der Waals surface area contributed by atoms with Crippen LogP contribution in [0.5, 0.6) is 11.5 Å². The second-order valence-electron chi connectivity index (χ2n) is 4.02. The Kier molecular flexibility index (Phi) is 5.74. The number of anilines is 1. The van der Waals surface area contributed by atoms with Crippen molar-refractivity contribution < 1.29 is 9.84 Å². The highest BCUT2D eigenvalue weighted by molar-refractivity contribution is 9.10. The zero-order valence-electron chi connectivity index (χ0n) is 11.1. The standard InChI is InChI=1S/C13H9BrCl3N3O2/c1-22-10-3-6(2-7(14)11(10)21)5-18-20-13-9(16)4-8(15)12(17)19-13/h2-5,21H,1H3,(H,19,20)/b18-5+. The highest BCUT2D eigenvalue weighted by Gasteiger charge is 2.08. The second kappa shape index (κ2) is 7.37. The molecule has 0 amide bonds. The number of halogens is 4. The Balaban J connectivity index is 2.20. The van der Waals surface area contributed by atoms with E-state index in [2.05, 4.69) is 31.4 Å². The quantitative estimate of drug-likeness (QED) is 0.413. The molecule has 0 atom stereocenters. The van der Waals surface area contributed by atoms with Crippen LogP contribution >= 0.6 is 50.7 Å². The zero-order chi connectivity index (χ0) is 16.3. The van der Waals surface area contributed by atoms with E-state index in [-0.39, 0.29) is 26.8 Å². The molecule has 2 aromatic rings. The topological polar surface area (TPSA) is 66.7 Å². The van der Waals surface area contributed by atoms with Crippen molar-refractivity contribution >= 4 is 62.8 Å². The minimum Gasteiger partial charge on any atom is -0.503 e. The predicted octanol–water partition coefficient (Wildman–Crippen LogP) is 4.96. The summed E-state index contributed by atoms with van der Waals surface area (Å²) >= 11 is 20.8. The normalized spacial score (nSPS) is 11.0. The molecule has 0 fully saturated rings. The number of benzene rings is 1. The number of phenols is 1. The molecular weight excluding hydrogens is 416 g/mol. The van der Waals surface area contributed by atoms with Crippen molar-refractivity contribution in [2.24, 2.45) is 5.10 Å². The summed E-state index contributed by atoms with van der Waals surface area (Å²) in [5, 5.41) is 14.4. The van der Waals surface area contributed by atoms with E-state index in [4.69, 9.17) is 39.5 Å². The third-order valence-corrected chi connectivity index (χ3v) is 4.11. The Morgan fingerprint density at radius 1 is 1.27 bits per heavy atom. The number of ether oxygens (including phenoxy) is 1. The van der Waals surface area contributed by atoms with Gasteiger partial charge in [0.15, 0.2) is 17.3 Å². The van der Waals surface area contributed by atoms with E-state index in [9.17, 15) is 5.11 Å². The number of phenolic OH excluding ortho intramolecular Hbond substituents is 1. The Hall–Kier alpha value is -1.21. The molecule has 1 aromatic carbocycles. The van der Waals surface area contributed by atoms with Crippen LogP contribution in [0.1, 0.15) is 5.56 Å². The molecule has 9 heteroatoms. The number of aromatic nitrogens is 1. The molecule has 0 saturated carbocycles. The molecule has 0 saturated heterocycles. The van der Waals surface area contributed by atoms with Gasteiger partial charge in [0.25, 0.3) is 0 Å². The molecule has 2 rings (SSSR count). The summed E-state index contributed by atoms with van der Waals surface area (Å²) in [5.41, 5.74) is 3.35. The van der Waals surface area contributed by atoms with Gasteiger partial charge in [-0.15, -0.1) is 0 Å². The minimum absolute atomic E-state index is 0.0156. The third-order valence-electron chi connectivity index (χ3n) is 2.54. The summed E-state index contributed by atoms with van der Waals surface area (Å²) < 4.78 is 5.54. The van der Waals surface area contributed by atoms with Gasteiger partial charge in [-0.05, 0) is 39.7 Å². The summed E-state index contributed by atoms with van der Waals surface area (Å²) in [6.45, 7) is 0. The molecule has 116 valence electrons. The van der Waals surface area contributed by atoms with Crippen molar-refractivity contribution in [3.8, 4) is 11.5 Å². The molecule has 0 aliphatic carbocycles. The van der Waals surface area contributed by atoms with Crippen LogP contribution in [0.15, 0.2) is 27.8 Å². The summed E-state index contributed by atoms with van der Waals surface area (Å²) in [4.78, 5) is 3.97. The van der Waals surface area contributed by atoms with Gasteiger partial charge in [-0.25, -0.2) is 4.98 Å². The number of rotatable bonds is 4. The first-order chi connectivity index (χ1) is 10.4. The molecule has 0 aliphatic rings. The Bertz CT molecular complexity index is 741. The van der Waals surface area contributed by atoms with E-state index in [0.29, 0.717) is 15.8 Å². The number of aromatic hydroxyl groups is 1. The average molecular weight is 425 g/mol. The molecule has 5 nitrogen and oxygen atoms in total. The highest BCUT2D eigenvalue weighted by Crippen LogP contribution is 2.34. The van der Waals surface area contributed by atoms with Crippen LogP contribution in [-0.2, 0) is 0 Å². The van der Waals surface area contributed by atoms with Crippen molar-refractivity contribution in [2.45, 2.75) is 0 Å². The predicted molar refractivity (Wildman–Crippen MR) is 92.8 cm³/mol. The van der Waals surface area contributed by atoms with Gasteiger partial charge in [-0.2, -0.15) is 5.10 Å². The maximum absolute atomic E-state index is 9.73. The van der Waals surface area contributed by atoms with Gasteiger partial charge < -0.3 is 9.84 Å². The Morgan fingerprint density at radius 2 is 2.00 bits per heavy atom. The van der Waals surface area contributed by atoms with Crippen LogP contribution < -0.4 is 10.2 Å². The van der Waals surface area contributed by atoms with Crippen LogP contribution in [0.4, 0.5) is 5.82 Å². The van der Waals surface area contributed by atoms with Gasteiger partial charge in [-0.1, -0.05) is 34.8 Å². The van der Waals surface area contributed by atoms with Crippen LogP contribution in [-0.4, -0.2) is 23.4 Å². The van der Waals surface area contributed by atoms with Gasteiger partial charge in [0.1, 0.15) is 5.15 Å². The minimum atomic E-state index is 0.0156. The Morgan fingerprint density at radius 3 is 2.68 bits per heavy atom. The number of hydrogen-bond donors (Lipinski definition) is 2. The molecular formula is C13H9BrCl3N3O2. The number of hydrazone groups is 1. The zero-order valence-corrected chi connectivity index (χ0v) is 14.9. The lowest BCUT2D eigenvalue weighted by atomic mass is 10.2. The lowest BCUT2D eigenvalue weighted by Gasteiger charge is -2.07. The van der Waals surface area contributed by atoms with Crippen molar-refractivity contribution in [1.29, 1.82) is 0 Å². The van der Waals surface area contributed by atoms with Gasteiger partial charge in [0.2, 0.25) is 0 Å². The molecule has 0 unspecified atom stereocenters. The maximum atomic E-state index is 9.73. The monoisotopic (exact) mass is 423 g/mol. The fraction of sp³-hybridized carbons (Fsp3) is 0.0769. The number of methoxy groups -OCH3 is 1. The smallest absolute Gasteiger partial charge is 0.172 e. The molecule has 0 aliphatic heterocycles. The summed E-state index contributed by atoms with van der Waals surface area (Å²) in [6.07, 6.45) is 1.51. The first-order valence-corrected chi connectivity index (χ1v) is 7.72. The van der Waals surface area contributed by atoms with E-state index in [1.54, 1.807) is 12.1 Å². The van der Waals surface area contributed by atoms with Crippen LogP contribution in [0.25, 0.3) is 0 Å². The molecule has 0 bridgehead atoms. The van der Waals surface area contributed by atoms with Gasteiger partial charge in [-0.3, -0.25) is 5.43 Å². The largest absolute Gasteiger partial charge is 0.503 e. The van der Waals surface area contributed by atoms with Crippen LogP contribution in [0.3, 0.4) is 0 Å². The van der Waals surface area contributed by atoms with E-state index < -0.39 is 0 Å². The van der Waals surface area contributed by atoms with E-state index in [1.807, 2.05) is 0 Å². The highest BCUT2D eigenvalue weighted by atomic mass is 79.9. The lowest BCUT2D eigenvalue weighted by Crippen LogP contribution is -1.96. The van der Waals surface area contributed by atoms with Crippen LogP contribution in [0.2, 0.25) is 15.2 Å². The second-order valence-corrected chi connectivity index (χ2v) is 6.04. The first-order valence-electron chi connectivity index (χ1n) is 5.79. The third kappa shape index (κ3) is 3.95. The maximum Gasteiger partial charge on any atom is 0.172 e. The molecule has 22 heavy (non-hydrogen) atoms. The molecule has 0 radical (unpaired) electrons. The van der Waals surface area contributed by atoms with Gasteiger partial charge in [0, 0.05) is 0 Å². The Labute approximate surface area is 150 Å². The van der Waals surface area contributed by atoms with Crippen molar-refractivity contribution in [1.82, 2.24) is 4.98 Å². The fourth-order valence-electron chi connectivity index (χ4n) is 1.51. The van der Waals surface area contributed by atoms with Crippen molar-refractivity contribution in [2.75, 3.05) is 12.5 Å². The number of hydrogen-bond acceptors (Lipinski definition) is 5. The number of nitrogens with one attached hydrogen (secondary N) is 1. The lowest BCUT2D eigenvalue weighted by molar-refractivity contribution is 0.372. The van der Waals surface area contributed by atoms with E-state index >= 15 is 0 Å². The molecule has 0 spiro atoms. The first kappa shape index (κ1) is 17.1. The van der Waals surface area contributed by atoms with Crippen molar-refractivity contribution in [3.05, 3.63) is 43.4 Å². The van der Waals surface area contributed by atoms with Gasteiger partial charge >= 0.3 is 0 Å². The van der Waals surface area contributed by atoms with Crippen molar-refractivity contribution in [3.63, 3.8) is 0 Å². The van der Waals surface area contributed by atoms with E-state index in [0.717, 1.165) is 0 Å². The van der Waals surface area contributed by atoms with Crippen LogP contribution in [0, 0.1) is 0 Å². The fourth-order valence-corrected chi connectivity index (χ4v) is 2.51. The molecule has 1 heterocycles. The number of nitrogens with zero attached hydrogens (tertiary/aromatic N) is 2. The van der Waals surface area contributed by atoms with Gasteiger partial charge in [0.05, 0.1) is 27.8 Å². The molecule has 2 N–H and O–H groups in total. The number of pyridine rings is 1. The summed E-state index contributed by atoms with van der Waals surface area (Å²) in [6, 6.07) is 4.76. The summed E-state index contributed by atoms with van der Waals surface area (Å²) in [7, 11) is 1.46. The SMILES string of the molecule is COc1cc(/C=N/Nc2nc(Cl)c(Cl)cc2Cl)cc(Br)c1O.